The van der Waals surface area contributed by atoms with Crippen LogP contribution in [0.15, 0.2) is 0 Å². The van der Waals surface area contributed by atoms with Crippen molar-refractivity contribution >= 4 is 5.91 Å². The van der Waals surface area contributed by atoms with Crippen LogP contribution in [0.1, 0.15) is 13.8 Å². The predicted molar refractivity (Wildman–Crippen MR) is 50.2 cm³/mol. The molecule has 4 heteroatoms. The molecule has 1 saturated heterocycles. The van der Waals surface area contributed by atoms with Crippen LogP contribution in [-0.2, 0) is 4.79 Å². The van der Waals surface area contributed by atoms with Gasteiger partial charge in [-0.25, -0.2) is 0 Å². The third kappa shape index (κ3) is 2.67. The van der Waals surface area contributed by atoms with Gasteiger partial charge in [-0.3, -0.25) is 4.79 Å². The fourth-order valence-corrected chi connectivity index (χ4v) is 1.56. The molecule has 1 aliphatic heterocycles. The molecule has 1 amide bonds. The molecule has 1 aliphatic rings. The summed E-state index contributed by atoms with van der Waals surface area (Å²) in [5.74, 6) is 0.513. The number of nitrogens with one attached hydrogen (secondary N) is 2. The van der Waals surface area contributed by atoms with Crippen LogP contribution in [0.5, 0.6) is 0 Å². The topological polar surface area (TPSA) is 61.4 Å². The molecule has 1 rings (SSSR count). The van der Waals surface area contributed by atoms with Crippen molar-refractivity contribution in [2.24, 2.45) is 11.8 Å². The lowest BCUT2D eigenvalue weighted by atomic mass is 9.97. The highest BCUT2D eigenvalue weighted by Crippen LogP contribution is 2.15. The van der Waals surface area contributed by atoms with Crippen LogP contribution in [0.25, 0.3) is 0 Å². The van der Waals surface area contributed by atoms with Crippen molar-refractivity contribution in [3.8, 4) is 0 Å². The van der Waals surface area contributed by atoms with Gasteiger partial charge in [-0.1, -0.05) is 6.92 Å². The summed E-state index contributed by atoms with van der Waals surface area (Å²) in [6.45, 7) is 5.52. The SMILES string of the molecule is C[C@@H]1CNC[C@H]1C(=O)N[C@@H](C)CO. The van der Waals surface area contributed by atoms with Crippen molar-refractivity contribution in [1.29, 1.82) is 0 Å². The van der Waals surface area contributed by atoms with E-state index in [9.17, 15) is 4.79 Å². The Morgan fingerprint density at radius 3 is 2.85 bits per heavy atom. The Bertz CT molecular complexity index is 184. The summed E-state index contributed by atoms with van der Waals surface area (Å²) in [4.78, 5) is 11.6. The largest absolute Gasteiger partial charge is 0.394 e. The molecule has 1 fully saturated rings. The molecule has 0 bridgehead atoms. The Morgan fingerprint density at radius 2 is 2.38 bits per heavy atom. The molecule has 13 heavy (non-hydrogen) atoms. The maximum Gasteiger partial charge on any atom is 0.225 e. The molecule has 0 saturated carbocycles. The second kappa shape index (κ2) is 4.58. The lowest BCUT2D eigenvalue weighted by molar-refractivity contribution is -0.126. The van der Waals surface area contributed by atoms with Crippen LogP contribution in [-0.4, -0.2) is 36.8 Å². The fourth-order valence-electron chi connectivity index (χ4n) is 1.56. The first-order valence-corrected chi connectivity index (χ1v) is 4.77. The van der Waals surface area contributed by atoms with Crippen LogP contribution < -0.4 is 10.6 Å². The average Bonchev–Trinajstić information content (AvgIpc) is 2.51. The second-order valence-corrected chi connectivity index (χ2v) is 3.83. The highest BCUT2D eigenvalue weighted by atomic mass is 16.3. The molecule has 3 N–H and O–H groups in total. The van der Waals surface area contributed by atoms with Crippen molar-refractivity contribution in [3.63, 3.8) is 0 Å². The molecule has 4 nitrogen and oxygen atoms in total. The minimum Gasteiger partial charge on any atom is -0.394 e. The minimum absolute atomic E-state index is 0.000267. The molecule has 0 spiro atoms. The van der Waals surface area contributed by atoms with Gasteiger partial charge in [0.25, 0.3) is 0 Å². The smallest absolute Gasteiger partial charge is 0.225 e. The first-order chi connectivity index (χ1) is 6.15. The van der Waals surface area contributed by atoms with Crippen LogP contribution in [0, 0.1) is 11.8 Å². The lowest BCUT2D eigenvalue weighted by Gasteiger charge is -2.17. The summed E-state index contributed by atoms with van der Waals surface area (Å²) < 4.78 is 0. The molecule has 3 atom stereocenters. The molecule has 0 unspecified atom stereocenters. The maximum absolute atomic E-state index is 11.6. The zero-order chi connectivity index (χ0) is 9.84. The first kappa shape index (κ1) is 10.5. The summed E-state index contributed by atoms with van der Waals surface area (Å²) in [7, 11) is 0. The highest BCUT2D eigenvalue weighted by molar-refractivity contribution is 5.79. The Kier molecular flexibility index (Phi) is 3.69. The van der Waals surface area contributed by atoms with Crippen molar-refractivity contribution < 1.29 is 9.90 Å². The van der Waals surface area contributed by atoms with E-state index in [1.165, 1.54) is 0 Å². The quantitative estimate of drug-likeness (QED) is 0.548. The van der Waals surface area contributed by atoms with Gasteiger partial charge in [-0.05, 0) is 19.4 Å². The van der Waals surface area contributed by atoms with Crippen LogP contribution in [0.3, 0.4) is 0 Å². The van der Waals surface area contributed by atoms with Crippen molar-refractivity contribution in [3.05, 3.63) is 0 Å². The zero-order valence-corrected chi connectivity index (χ0v) is 8.21. The molecule has 76 valence electrons. The van der Waals surface area contributed by atoms with E-state index >= 15 is 0 Å². The Balaban J connectivity index is 2.38. The number of hydrogen-bond acceptors (Lipinski definition) is 3. The van der Waals surface area contributed by atoms with Crippen LogP contribution >= 0.6 is 0 Å². The Labute approximate surface area is 78.7 Å². The monoisotopic (exact) mass is 186 g/mol. The molecule has 0 aromatic carbocycles. The van der Waals surface area contributed by atoms with Gasteiger partial charge >= 0.3 is 0 Å². The van der Waals surface area contributed by atoms with Gasteiger partial charge in [0.15, 0.2) is 0 Å². The molecular weight excluding hydrogens is 168 g/mol. The fraction of sp³-hybridized carbons (Fsp3) is 0.889. The van der Waals surface area contributed by atoms with E-state index < -0.39 is 0 Å². The van der Waals surface area contributed by atoms with Gasteiger partial charge in [0.1, 0.15) is 0 Å². The van der Waals surface area contributed by atoms with E-state index in [1.807, 2.05) is 0 Å². The van der Waals surface area contributed by atoms with Gasteiger partial charge in [-0.15, -0.1) is 0 Å². The number of aliphatic hydroxyl groups excluding tert-OH is 1. The number of hydrogen-bond donors (Lipinski definition) is 3. The number of amides is 1. The first-order valence-electron chi connectivity index (χ1n) is 4.77. The summed E-state index contributed by atoms with van der Waals surface area (Å²) in [5.41, 5.74) is 0. The minimum atomic E-state index is -0.139. The Morgan fingerprint density at radius 1 is 1.69 bits per heavy atom. The van der Waals surface area contributed by atoms with E-state index in [0.717, 1.165) is 13.1 Å². The van der Waals surface area contributed by atoms with Gasteiger partial charge in [0, 0.05) is 12.6 Å². The zero-order valence-electron chi connectivity index (χ0n) is 8.21. The predicted octanol–water partition coefficient (Wildman–Crippen LogP) is -0.661. The number of carbonyl (C=O) groups excluding carboxylic acids is 1. The molecule has 0 aliphatic carbocycles. The van der Waals surface area contributed by atoms with E-state index in [-0.39, 0.29) is 24.5 Å². The molecular formula is C9H18N2O2. The molecule has 0 aromatic rings. The van der Waals surface area contributed by atoms with Crippen molar-refractivity contribution in [2.75, 3.05) is 19.7 Å². The van der Waals surface area contributed by atoms with E-state index in [1.54, 1.807) is 6.92 Å². The van der Waals surface area contributed by atoms with Crippen molar-refractivity contribution in [1.82, 2.24) is 10.6 Å². The molecule has 0 radical (unpaired) electrons. The normalized spacial score (nSPS) is 30.1. The van der Waals surface area contributed by atoms with Crippen LogP contribution in [0.2, 0.25) is 0 Å². The van der Waals surface area contributed by atoms with Crippen LogP contribution in [0.4, 0.5) is 0 Å². The number of rotatable bonds is 3. The third-order valence-corrected chi connectivity index (χ3v) is 2.52. The van der Waals surface area contributed by atoms with E-state index in [0.29, 0.717) is 5.92 Å². The summed E-state index contributed by atoms with van der Waals surface area (Å²) in [5, 5.41) is 14.7. The van der Waals surface area contributed by atoms with Gasteiger partial charge in [0.2, 0.25) is 5.91 Å². The molecule has 1 heterocycles. The standard InChI is InChI=1S/C9H18N2O2/c1-6-3-10-4-8(6)9(13)11-7(2)5-12/h6-8,10,12H,3-5H2,1-2H3,(H,11,13)/t6-,7+,8-/m1/s1. The van der Waals surface area contributed by atoms with E-state index in [4.69, 9.17) is 5.11 Å². The Hall–Kier alpha value is -0.610. The number of aliphatic hydroxyl groups is 1. The third-order valence-electron chi connectivity index (χ3n) is 2.52. The molecule has 0 aromatic heterocycles. The summed E-state index contributed by atoms with van der Waals surface area (Å²) in [6, 6.07) is -0.139. The maximum atomic E-state index is 11.6. The highest BCUT2D eigenvalue weighted by Gasteiger charge is 2.29. The average molecular weight is 186 g/mol. The lowest BCUT2D eigenvalue weighted by Crippen LogP contribution is -2.41. The van der Waals surface area contributed by atoms with Gasteiger partial charge < -0.3 is 15.7 Å². The van der Waals surface area contributed by atoms with E-state index in [2.05, 4.69) is 17.6 Å². The van der Waals surface area contributed by atoms with Gasteiger partial charge in [-0.2, -0.15) is 0 Å². The number of carbonyl (C=O) groups is 1. The van der Waals surface area contributed by atoms with Crippen molar-refractivity contribution in [2.45, 2.75) is 19.9 Å². The second-order valence-electron chi connectivity index (χ2n) is 3.83. The summed E-state index contributed by atoms with van der Waals surface area (Å²) in [6.07, 6.45) is 0. The van der Waals surface area contributed by atoms with Gasteiger partial charge in [0.05, 0.1) is 12.5 Å². The summed E-state index contributed by atoms with van der Waals surface area (Å²) >= 11 is 0.